The number of rotatable bonds is 8. The summed E-state index contributed by atoms with van der Waals surface area (Å²) in [5.41, 5.74) is 1.19. The van der Waals surface area contributed by atoms with Crippen LogP contribution in [0.1, 0.15) is 19.8 Å². The number of nitrogens with one attached hydrogen (secondary N) is 1. The summed E-state index contributed by atoms with van der Waals surface area (Å²) in [4.78, 5) is 6.51. The van der Waals surface area contributed by atoms with Gasteiger partial charge in [0.25, 0.3) is 0 Å². The van der Waals surface area contributed by atoms with Crippen LogP contribution in [0.25, 0.3) is 0 Å². The van der Waals surface area contributed by atoms with Gasteiger partial charge in [-0.15, -0.1) is 0 Å². The molecule has 0 saturated carbocycles. The number of hydrogen-bond acceptors (Lipinski definition) is 4. The molecule has 0 aromatic carbocycles. The van der Waals surface area contributed by atoms with Crippen LogP contribution in [0.4, 0.5) is 11.5 Å². The van der Waals surface area contributed by atoms with E-state index in [0.29, 0.717) is 0 Å². The average Bonchev–Trinajstić information content (AvgIpc) is 2.37. The Hall–Kier alpha value is -1.29. The second-order valence-corrected chi connectivity index (χ2v) is 4.09. The van der Waals surface area contributed by atoms with E-state index >= 15 is 0 Å². The molecule has 1 rings (SSSR count). The number of methoxy groups -OCH3 is 1. The lowest BCUT2D eigenvalue weighted by molar-refractivity contribution is 0.196. The fraction of sp³-hybridized carbons (Fsp3) is 0.615. The van der Waals surface area contributed by atoms with E-state index in [9.17, 15) is 0 Å². The number of ether oxygens (including phenoxy) is 1. The van der Waals surface area contributed by atoms with Gasteiger partial charge < -0.3 is 15.0 Å². The highest BCUT2D eigenvalue weighted by Gasteiger charge is 2.02. The van der Waals surface area contributed by atoms with E-state index in [1.54, 1.807) is 7.11 Å². The molecular weight excluding hydrogens is 214 g/mol. The first-order valence-electron chi connectivity index (χ1n) is 6.18. The van der Waals surface area contributed by atoms with Crippen LogP contribution in [0.15, 0.2) is 18.3 Å². The summed E-state index contributed by atoms with van der Waals surface area (Å²) >= 11 is 0. The van der Waals surface area contributed by atoms with Crippen LogP contribution < -0.4 is 10.2 Å². The van der Waals surface area contributed by atoms with Crippen molar-refractivity contribution in [2.45, 2.75) is 19.8 Å². The molecule has 1 N–H and O–H groups in total. The maximum atomic E-state index is 5.05. The summed E-state index contributed by atoms with van der Waals surface area (Å²) in [7, 11) is 3.83. The predicted molar refractivity (Wildman–Crippen MR) is 72.8 cm³/mol. The van der Waals surface area contributed by atoms with Crippen molar-refractivity contribution in [3.05, 3.63) is 18.3 Å². The van der Waals surface area contributed by atoms with Gasteiger partial charge in [-0.25, -0.2) is 4.98 Å². The first kappa shape index (κ1) is 13.8. The molecule has 0 spiro atoms. The van der Waals surface area contributed by atoms with Gasteiger partial charge in [0.05, 0.1) is 0 Å². The van der Waals surface area contributed by atoms with Crippen molar-refractivity contribution in [2.75, 3.05) is 44.1 Å². The molecule has 0 amide bonds. The van der Waals surface area contributed by atoms with Gasteiger partial charge in [0.1, 0.15) is 5.82 Å². The molecule has 0 bridgehead atoms. The molecule has 1 aromatic rings. The van der Waals surface area contributed by atoms with E-state index in [1.807, 2.05) is 12.3 Å². The maximum Gasteiger partial charge on any atom is 0.127 e. The molecule has 0 unspecified atom stereocenters. The largest absolute Gasteiger partial charge is 0.385 e. The van der Waals surface area contributed by atoms with E-state index in [2.05, 4.69) is 35.2 Å². The summed E-state index contributed by atoms with van der Waals surface area (Å²) < 4.78 is 5.05. The number of nitrogens with zero attached hydrogens (tertiary/aromatic N) is 2. The van der Waals surface area contributed by atoms with Crippen LogP contribution >= 0.6 is 0 Å². The first-order valence-corrected chi connectivity index (χ1v) is 6.18. The summed E-state index contributed by atoms with van der Waals surface area (Å²) in [5.74, 6) is 0.947. The van der Waals surface area contributed by atoms with Crippen LogP contribution in [0.2, 0.25) is 0 Å². The Kier molecular flexibility index (Phi) is 6.40. The van der Waals surface area contributed by atoms with E-state index in [4.69, 9.17) is 4.74 Å². The first-order chi connectivity index (χ1) is 8.27. The third kappa shape index (κ3) is 5.04. The number of pyridine rings is 1. The fourth-order valence-corrected chi connectivity index (χ4v) is 1.58. The predicted octanol–water partition coefficient (Wildman–Crippen LogP) is 2.38. The second kappa shape index (κ2) is 7.90. The van der Waals surface area contributed by atoms with Gasteiger partial charge in [-0.05, 0) is 18.9 Å². The molecule has 4 nitrogen and oxygen atoms in total. The lowest BCUT2D eigenvalue weighted by Crippen LogP contribution is -2.20. The average molecular weight is 237 g/mol. The smallest absolute Gasteiger partial charge is 0.127 e. The Balaban J connectivity index is 2.51. The van der Waals surface area contributed by atoms with Crippen molar-refractivity contribution in [3.8, 4) is 0 Å². The molecule has 0 radical (unpaired) electrons. The Labute approximate surface area is 104 Å². The van der Waals surface area contributed by atoms with Crippen LogP contribution in [0, 0.1) is 0 Å². The van der Waals surface area contributed by atoms with Crippen molar-refractivity contribution in [2.24, 2.45) is 0 Å². The fourth-order valence-electron chi connectivity index (χ4n) is 1.58. The molecule has 0 aliphatic heterocycles. The highest BCUT2D eigenvalue weighted by Crippen LogP contribution is 2.16. The van der Waals surface area contributed by atoms with Crippen molar-refractivity contribution in [3.63, 3.8) is 0 Å². The van der Waals surface area contributed by atoms with Crippen molar-refractivity contribution in [1.29, 1.82) is 0 Å². The van der Waals surface area contributed by atoms with Crippen LogP contribution in [-0.2, 0) is 4.74 Å². The number of aromatic nitrogens is 1. The number of hydrogen-bond donors (Lipinski definition) is 1. The van der Waals surface area contributed by atoms with E-state index < -0.39 is 0 Å². The Morgan fingerprint density at radius 1 is 1.47 bits per heavy atom. The molecule has 17 heavy (non-hydrogen) atoms. The molecule has 0 saturated heterocycles. The molecule has 0 atom stereocenters. The molecule has 96 valence electrons. The molecule has 1 heterocycles. The van der Waals surface area contributed by atoms with Gasteiger partial charge >= 0.3 is 0 Å². The quantitative estimate of drug-likeness (QED) is 0.704. The summed E-state index contributed by atoms with van der Waals surface area (Å²) in [6.45, 7) is 4.90. The second-order valence-electron chi connectivity index (χ2n) is 4.09. The number of anilines is 2. The third-order valence-corrected chi connectivity index (χ3v) is 2.58. The zero-order chi connectivity index (χ0) is 12.5. The third-order valence-electron chi connectivity index (χ3n) is 2.58. The minimum absolute atomic E-state index is 0.802. The molecule has 0 aliphatic rings. The lowest BCUT2D eigenvalue weighted by Gasteiger charge is -2.19. The molecule has 4 heteroatoms. The van der Waals surface area contributed by atoms with Gasteiger partial charge in [0.15, 0.2) is 0 Å². The topological polar surface area (TPSA) is 37.4 Å². The lowest BCUT2D eigenvalue weighted by atomic mass is 10.3. The van der Waals surface area contributed by atoms with Gasteiger partial charge in [-0.3, -0.25) is 0 Å². The molecular formula is C13H23N3O. The molecule has 0 aliphatic carbocycles. The monoisotopic (exact) mass is 237 g/mol. The van der Waals surface area contributed by atoms with Gasteiger partial charge in [0, 0.05) is 51.8 Å². The summed E-state index contributed by atoms with van der Waals surface area (Å²) in [6.07, 6.45) is 3.99. The van der Waals surface area contributed by atoms with Gasteiger partial charge in [0.2, 0.25) is 0 Å². The molecule has 0 fully saturated rings. The SMILES string of the molecule is CCCNc1cc(N(C)CCCOC)ccn1. The maximum absolute atomic E-state index is 5.05. The standard InChI is InChI=1S/C13H23N3O/c1-4-7-14-13-11-12(6-8-15-13)16(2)9-5-10-17-3/h6,8,11H,4-5,7,9-10H2,1-3H3,(H,14,15). The van der Waals surface area contributed by atoms with E-state index in [1.165, 1.54) is 5.69 Å². The normalized spacial score (nSPS) is 10.3. The summed E-state index contributed by atoms with van der Waals surface area (Å²) in [5, 5.41) is 3.29. The minimum Gasteiger partial charge on any atom is -0.385 e. The molecule has 1 aromatic heterocycles. The Bertz CT molecular complexity index is 317. The Morgan fingerprint density at radius 2 is 2.29 bits per heavy atom. The van der Waals surface area contributed by atoms with Gasteiger partial charge in [-0.1, -0.05) is 6.92 Å². The van der Waals surface area contributed by atoms with Crippen LogP contribution in [0.3, 0.4) is 0 Å². The van der Waals surface area contributed by atoms with Crippen LogP contribution in [0.5, 0.6) is 0 Å². The minimum atomic E-state index is 0.802. The van der Waals surface area contributed by atoms with Gasteiger partial charge in [-0.2, -0.15) is 0 Å². The zero-order valence-corrected chi connectivity index (χ0v) is 11.1. The summed E-state index contributed by atoms with van der Waals surface area (Å²) in [6, 6.07) is 4.12. The zero-order valence-electron chi connectivity index (χ0n) is 11.1. The van der Waals surface area contributed by atoms with E-state index in [0.717, 1.165) is 38.4 Å². The van der Waals surface area contributed by atoms with Crippen LogP contribution in [-0.4, -0.2) is 38.8 Å². The van der Waals surface area contributed by atoms with E-state index in [-0.39, 0.29) is 0 Å². The van der Waals surface area contributed by atoms with Crippen molar-refractivity contribution < 1.29 is 4.74 Å². The highest BCUT2D eigenvalue weighted by atomic mass is 16.5. The van der Waals surface area contributed by atoms with Crippen molar-refractivity contribution >= 4 is 11.5 Å². The van der Waals surface area contributed by atoms with Crippen molar-refractivity contribution in [1.82, 2.24) is 4.98 Å². The Morgan fingerprint density at radius 3 is 3.00 bits per heavy atom. The highest BCUT2D eigenvalue weighted by molar-refractivity contribution is 5.53.